The molecular formula is C16H10ClN3O3. The highest BCUT2D eigenvalue weighted by Gasteiger charge is 2.11. The Morgan fingerprint density at radius 3 is 2.74 bits per heavy atom. The van der Waals surface area contributed by atoms with Crippen molar-refractivity contribution in [3.63, 3.8) is 0 Å². The van der Waals surface area contributed by atoms with Gasteiger partial charge in [-0.15, -0.1) is 0 Å². The van der Waals surface area contributed by atoms with E-state index in [9.17, 15) is 10.1 Å². The van der Waals surface area contributed by atoms with Gasteiger partial charge in [-0.05, 0) is 17.7 Å². The van der Waals surface area contributed by atoms with Crippen molar-refractivity contribution < 1.29 is 9.45 Å². The van der Waals surface area contributed by atoms with E-state index in [0.29, 0.717) is 10.6 Å². The van der Waals surface area contributed by atoms with E-state index in [1.54, 1.807) is 30.4 Å². The first-order valence-corrected chi connectivity index (χ1v) is 7.02. The molecule has 0 N–H and O–H groups in total. The molecule has 2 aromatic carbocycles. The van der Waals surface area contributed by atoms with Gasteiger partial charge in [0.2, 0.25) is 5.82 Å². The zero-order valence-electron chi connectivity index (χ0n) is 11.7. The molecule has 1 aromatic heterocycles. The third kappa shape index (κ3) is 3.44. The van der Waals surface area contributed by atoms with Crippen LogP contribution in [-0.4, -0.2) is 15.1 Å². The van der Waals surface area contributed by atoms with E-state index in [-0.39, 0.29) is 17.4 Å². The Balaban J connectivity index is 1.85. The largest absolute Gasteiger partial charge is 0.334 e. The maximum atomic E-state index is 10.8. The van der Waals surface area contributed by atoms with Gasteiger partial charge in [-0.2, -0.15) is 4.98 Å². The second-order valence-corrected chi connectivity index (χ2v) is 5.03. The standard InChI is InChI=1S/C16H10ClN3O3/c17-14-7-2-1-4-11(14)8-9-15-18-16(19-23-15)12-5-3-6-13(10-12)20(21)22/h1-10H. The Kier molecular flexibility index (Phi) is 4.16. The Morgan fingerprint density at radius 2 is 1.96 bits per heavy atom. The number of halogens is 1. The molecule has 0 unspecified atom stereocenters. The van der Waals surface area contributed by atoms with Gasteiger partial charge in [-0.3, -0.25) is 10.1 Å². The number of aromatic nitrogens is 2. The highest BCUT2D eigenvalue weighted by atomic mass is 35.5. The second-order valence-electron chi connectivity index (χ2n) is 4.62. The molecule has 0 aliphatic rings. The summed E-state index contributed by atoms with van der Waals surface area (Å²) in [6.45, 7) is 0. The first-order valence-electron chi connectivity index (χ1n) is 6.64. The maximum absolute atomic E-state index is 10.8. The summed E-state index contributed by atoms with van der Waals surface area (Å²) >= 11 is 6.06. The molecule has 1 heterocycles. The summed E-state index contributed by atoms with van der Waals surface area (Å²) in [6.07, 6.45) is 3.39. The number of hydrogen-bond acceptors (Lipinski definition) is 5. The minimum atomic E-state index is -0.470. The van der Waals surface area contributed by atoms with Gasteiger partial charge >= 0.3 is 0 Å². The summed E-state index contributed by atoms with van der Waals surface area (Å²) in [5, 5.41) is 15.2. The van der Waals surface area contributed by atoms with Gasteiger partial charge in [0.05, 0.1) is 4.92 Å². The van der Waals surface area contributed by atoms with Crippen molar-refractivity contribution in [3.8, 4) is 11.4 Å². The first-order chi connectivity index (χ1) is 11.1. The minimum absolute atomic E-state index is 0.0274. The van der Waals surface area contributed by atoms with Gasteiger partial charge in [0, 0.05) is 28.8 Å². The van der Waals surface area contributed by atoms with Crippen LogP contribution in [0.1, 0.15) is 11.5 Å². The van der Waals surface area contributed by atoms with Crippen molar-refractivity contribution in [2.75, 3.05) is 0 Å². The van der Waals surface area contributed by atoms with E-state index in [2.05, 4.69) is 10.1 Å². The summed E-state index contributed by atoms with van der Waals surface area (Å²) in [4.78, 5) is 14.5. The number of benzene rings is 2. The van der Waals surface area contributed by atoms with E-state index in [4.69, 9.17) is 16.1 Å². The van der Waals surface area contributed by atoms with Gasteiger partial charge in [-0.1, -0.05) is 47.1 Å². The van der Waals surface area contributed by atoms with Gasteiger partial charge in [0.25, 0.3) is 11.6 Å². The molecule has 6 nitrogen and oxygen atoms in total. The van der Waals surface area contributed by atoms with Crippen LogP contribution >= 0.6 is 11.6 Å². The van der Waals surface area contributed by atoms with Crippen LogP contribution in [0.3, 0.4) is 0 Å². The molecule has 0 fully saturated rings. The van der Waals surface area contributed by atoms with E-state index < -0.39 is 4.92 Å². The van der Waals surface area contributed by atoms with Gasteiger partial charge in [-0.25, -0.2) is 0 Å². The molecule has 0 aliphatic carbocycles. The molecule has 3 rings (SSSR count). The van der Waals surface area contributed by atoms with E-state index in [1.165, 1.54) is 12.1 Å². The number of rotatable bonds is 4. The zero-order valence-corrected chi connectivity index (χ0v) is 12.5. The molecule has 7 heteroatoms. The normalized spacial score (nSPS) is 11.0. The average Bonchev–Trinajstić information content (AvgIpc) is 3.03. The summed E-state index contributed by atoms with van der Waals surface area (Å²) in [6, 6.07) is 13.4. The molecule has 3 aromatic rings. The molecule has 23 heavy (non-hydrogen) atoms. The van der Waals surface area contributed by atoms with E-state index in [0.717, 1.165) is 5.56 Å². The summed E-state index contributed by atoms with van der Waals surface area (Å²) in [5.74, 6) is 0.568. The molecule has 0 saturated heterocycles. The van der Waals surface area contributed by atoms with Gasteiger partial charge in [0.15, 0.2) is 0 Å². The lowest BCUT2D eigenvalue weighted by molar-refractivity contribution is -0.384. The Hall–Kier alpha value is -2.99. The average molecular weight is 328 g/mol. The summed E-state index contributed by atoms with van der Waals surface area (Å²) in [7, 11) is 0. The quantitative estimate of drug-likeness (QED) is 0.521. The van der Waals surface area contributed by atoms with Crippen LogP contribution in [0, 0.1) is 10.1 Å². The lowest BCUT2D eigenvalue weighted by Gasteiger charge is -1.95. The topological polar surface area (TPSA) is 82.1 Å². The molecule has 0 radical (unpaired) electrons. The lowest BCUT2D eigenvalue weighted by Crippen LogP contribution is -1.88. The van der Waals surface area contributed by atoms with Gasteiger partial charge in [0.1, 0.15) is 0 Å². The molecule has 114 valence electrons. The third-order valence-electron chi connectivity index (χ3n) is 3.07. The van der Waals surface area contributed by atoms with Crippen LogP contribution in [-0.2, 0) is 0 Å². The molecule has 0 amide bonds. The molecule has 0 bridgehead atoms. The van der Waals surface area contributed by atoms with Crippen LogP contribution < -0.4 is 0 Å². The number of hydrogen-bond donors (Lipinski definition) is 0. The number of nitrogens with zero attached hydrogens (tertiary/aromatic N) is 3. The van der Waals surface area contributed by atoms with Crippen LogP contribution in [0.15, 0.2) is 53.1 Å². The Labute approximate surface area is 136 Å². The van der Waals surface area contributed by atoms with Crippen molar-refractivity contribution in [2.45, 2.75) is 0 Å². The van der Waals surface area contributed by atoms with Crippen LogP contribution in [0.5, 0.6) is 0 Å². The van der Waals surface area contributed by atoms with Crippen LogP contribution in [0.2, 0.25) is 5.02 Å². The van der Waals surface area contributed by atoms with E-state index >= 15 is 0 Å². The smallest absolute Gasteiger partial charge is 0.270 e. The number of non-ortho nitro benzene ring substituents is 1. The maximum Gasteiger partial charge on any atom is 0.270 e. The van der Waals surface area contributed by atoms with Crippen molar-refractivity contribution >= 4 is 29.4 Å². The highest BCUT2D eigenvalue weighted by Crippen LogP contribution is 2.22. The van der Waals surface area contributed by atoms with Crippen LogP contribution in [0.4, 0.5) is 5.69 Å². The molecular weight excluding hydrogens is 318 g/mol. The Morgan fingerprint density at radius 1 is 1.13 bits per heavy atom. The van der Waals surface area contributed by atoms with Crippen molar-refractivity contribution in [3.05, 3.63) is 75.1 Å². The van der Waals surface area contributed by atoms with Crippen LogP contribution in [0.25, 0.3) is 23.5 Å². The van der Waals surface area contributed by atoms with Crippen molar-refractivity contribution in [2.24, 2.45) is 0 Å². The summed E-state index contributed by atoms with van der Waals surface area (Å²) in [5.41, 5.74) is 1.31. The fourth-order valence-corrected chi connectivity index (χ4v) is 2.15. The van der Waals surface area contributed by atoms with E-state index in [1.807, 2.05) is 18.2 Å². The number of nitro groups is 1. The Bertz CT molecular complexity index is 890. The first kappa shape index (κ1) is 14.9. The zero-order chi connectivity index (χ0) is 16.2. The highest BCUT2D eigenvalue weighted by molar-refractivity contribution is 6.32. The van der Waals surface area contributed by atoms with Gasteiger partial charge < -0.3 is 4.52 Å². The third-order valence-corrected chi connectivity index (χ3v) is 3.41. The minimum Gasteiger partial charge on any atom is -0.334 e. The summed E-state index contributed by atoms with van der Waals surface area (Å²) < 4.78 is 5.12. The monoisotopic (exact) mass is 327 g/mol. The second kappa shape index (κ2) is 6.41. The molecule has 0 spiro atoms. The molecule has 0 saturated carbocycles. The van der Waals surface area contributed by atoms with Crippen molar-refractivity contribution in [1.82, 2.24) is 10.1 Å². The lowest BCUT2D eigenvalue weighted by atomic mass is 10.2. The van der Waals surface area contributed by atoms with Crippen molar-refractivity contribution in [1.29, 1.82) is 0 Å². The molecule has 0 atom stereocenters. The predicted molar refractivity (Wildman–Crippen MR) is 86.8 cm³/mol. The fourth-order valence-electron chi connectivity index (χ4n) is 1.95. The molecule has 0 aliphatic heterocycles. The fraction of sp³-hybridized carbons (Fsp3) is 0. The predicted octanol–water partition coefficient (Wildman–Crippen LogP) is 4.47. The number of nitro benzene ring substituents is 1. The SMILES string of the molecule is O=[N+]([O-])c1cccc(-c2noc(C=Cc3ccccc3Cl)n2)c1.